The number of halogens is 1. The SMILES string of the molecule is Cc1ccc([C@@H]2CO[C@@H](CBr)C2)cc1. The number of aryl methyl sites for hydroxylation is 1. The van der Waals surface area contributed by atoms with Crippen LogP contribution >= 0.6 is 15.9 Å². The number of rotatable bonds is 2. The van der Waals surface area contributed by atoms with Crippen LogP contribution in [0.2, 0.25) is 0 Å². The zero-order valence-corrected chi connectivity index (χ0v) is 9.96. The molecule has 76 valence electrons. The van der Waals surface area contributed by atoms with Gasteiger partial charge in [-0.1, -0.05) is 45.8 Å². The minimum Gasteiger partial charge on any atom is -0.377 e. The van der Waals surface area contributed by atoms with Crippen LogP contribution in [0.1, 0.15) is 23.5 Å². The van der Waals surface area contributed by atoms with Gasteiger partial charge in [-0.05, 0) is 18.9 Å². The predicted octanol–water partition coefficient (Wildman–Crippen LogP) is 3.26. The Morgan fingerprint density at radius 2 is 2.07 bits per heavy atom. The van der Waals surface area contributed by atoms with Crippen molar-refractivity contribution in [2.45, 2.75) is 25.4 Å². The van der Waals surface area contributed by atoms with Crippen LogP contribution in [-0.4, -0.2) is 18.0 Å². The highest BCUT2D eigenvalue weighted by molar-refractivity contribution is 9.09. The van der Waals surface area contributed by atoms with E-state index in [2.05, 4.69) is 47.1 Å². The van der Waals surface area contributed by atoms with E-state index in [9.17, 15) is 0 Å². The Kier molecular flexibility index (Phi) is 3.24. The highest BCUT2D eigenvalue weighted by Crippen LogP contribution is 2.30. The number of ether oxygens (including phenoxy) is 1. The van der Waals surface area contributed by atoms with Crippen molar-refractivity contribution in [1.29, 1.82) is 0 Å². The molecule has 0 saturated carbocycles. The van der Waals surface area contributed by atoms with E-state index in [1.807, 2.05) is 0 Å². The molecular weight excluding hydrogens is 240 g/mol. The van der Waals surface area contributed by atoms with Crippen LogP contribution in [0.15, 0.2) is 24.3 Å². The molecule has 1 nitrogen and oxygen atoms in total. The van der Waals surface area contributed by atoms with Gasteiger partial charge in [0.05, 0.1) is 12.7 Å². The van der Waals surface area contributed by atoms with Crippen molar-refractivity contribution in [2.75, 3.05) is 11.9 Å². The zero-order valence-electron chi connectivity index (χ0n) is 8.37. The van der Waals surface area contributed by atoms with E-state index in [1.54, 1.807) is 0 Å². The molecule has 1 saturated heterocycles. The van der Waals surface area contributed by atoms with E-state index in [1.165, 1.54) is 11.1 Å². The summed E-state index contributed by atoms with van der Waals surface area (Å²) in [7, 11) is 0. The summed E-state index contributed by atoms with van der Waals surface area (Å²) in [6, 6.07) is 8.80. The van der Waals surface area contributed by atoms with Crippen LogP contribution in [0.5, 0.6) is 0 Å². The molecule has 1 aromatic carbocycles. The molecule has 1 aliphatic rings. The Morgan fingerprint density at radius 1 is 1.36 bits per heavy atom. The summed E-state index contributed by atoms with van der Waals surface area (Å²) in [5, 5.41) is 0.954. The molecule has 2 atom stereocenters. The van der Waals surface area contributed by atoms with Crippen molar-refractivity contribution in [3.63, 3.8) is 0 Å². The smallest absolute Gasteiger partial charge is 0.0678 e. The molecule has 0 aliphatic carbocycles. The minimum absolute atomic E-state index is 0.404. The molecule has 0 N–H and O–H groups in total. The van der Waals surface area contributed by atoms with Crippen LogP contribution in [0.3, 0.4) is 0 Å². The van der Waals surface area contributed by atoms with Crippen molar-refractivity contribution in [3.05, 3.63) is 35.4 Å². The average Bonchev–Trinajstić information content (AvgIpc) is 2.67. The first kappa shape index (κ1) is 10.2. The van der Waals surface area contributed by atoms with Crippen LogP contribution in [-0.2, 0) is 4.74 Å². The standard InChI is InChI=1S/C12H15BrO/c1-9-2-4-10(5-3-9)11-6-12(7-13)14-8-11/h2-5,11-12H,6-8H2,1H3/t11-,12+/m0/s1. The van der Waals surface area contributed by atoms with Gasteiger partial charge in [-0.3, -0.25) is 0 Å². The topological polar surface area (TPSA) is 9.23 Å². The summed E-state index contributed by atoms with van der Waals surface area (Å²) in [6.45, 7) is 3.00. The van der Waals surface area contributed by atoms with Gasteiger partial charge in [-0.2, -0.15) is 0 Å². The summed E-state index contributed by atoms with van der Waals surface area (Å²) in [4.78, 5) is 0. The van der Waals surface area contributed by atoms with E-state index in [-0.39, 0.29) is 0 Å². The van der Waals surface area contributed by atoms with Gasteiger partial charge in [0.2, 0.25) is 0 Å². The molecule has 0 spiro atoms. The lowest BCUT2D eigenvalue weighted by atomic mass is 9.96. The second kappa shape index (κ2) is 4.45. The summed E-state index contributed by atoms with van der Waals surface area (Å²) in [5.74, 6) is 0.596. The maximum Gasteiger partial charge on any atom is 0.0678 e. The van der Waals surface area contributed by atoms with E-state index >= 15 is 0 Å². The average molecular weight is 255 g/mol. The number of alkyl halides is 1. The minimum atomic E-state index is 0.404. The maximum absolute atomic E-state index is 5.65. The van der Waals surface area contributed by atoms with E-state index in [0.29, 0.717) is 12.0 Å². The second-order valence-electron chi connectivity index (χ2n) is 3.95. The molecule has 2 rings (SSSR count). The first-order chi connectivity index (χ1) is 6.79. The first-order valence-electron chi connectivity index (χ1n) is 5.03. The molecule has 14 heavy (non-hydrogen) atoms. The Labute approximate surface area is 93.6 Å². The van der Waals surface area contributed by atoms with Crippen molar-refractivity contribution in [2.24, 2.45) is 0 Å². The van der Waals surface area contributed by atoms with E-state index in [4.69, 9.17) is 4.74 Å². The molecule has 1 aliphatic heterocycles. The molecule has 2 heteroatoms. The third-order valence-corrected chi connectivity index (χ3v) is 3.52. The third-order valence-electron chi connectivity index (χ3n) is 2.80. The van der Waals surface area contributed by atoms with Crippen LogP contribution in [0, 0.1) is 6.92 Å². The van der Waals surface area contributed by atoms with Crippen LogP contribution in [0.25, 0.3) is 0 Å². The molecular formula is C12H15BrO. The fourth-order valence-electron chi connectivity index (χ4n) is 1.88. The monoisotopic (exact) mass is 254 g/mol. The Morgan fingerprint density at radius 3 is 2.64 bits per heavy atom. The molecule has 1 aromatic rings. The number of benzene rings is 1. The predicted molar refractivity (Wildman–Crippen MR) is 62.1 cm³/mol. The summed E-state index contributed by atoms with van der Waals surface area (Å²) >= 11 is 3.46. The highest BCUT2D eigenvalue weighted by atomic mass is 79.9. The van der Waals surface area contributed by atoms with Crippen molar-refractivity contribution in [1.82, 2.24) is 0 Å². The second-order valence-corrected chi connectivity index (χ2v) is 4.60. The number of hydrogen-bond donors (Lipinski definition) is 0. The van der Waals surface area contributed by atoms with Gasteiger partial charge in [0, 0.05) is 11.2 Å². The lowest BCUT2D eigenvalue weighted by molar-refractivity contribution is 0.127. The van der Waals surface area contributed by atoms with Crippen molar-refractivity contribution < 1.29 is 4.74 Å². The third kappa shape index (κ3) is 2.18. The Balaban J connectivity index is 2.06. The molecule has 0 aromatic heterocycles. The Hall–Kier alpha value is -0.340. The Bertz CT molecular complexity index is 294. The first-order valence-corrected chi connectivity index (χ1v) is 6.16. The molecule has 0 radical (unpaired) electrons. The van der Waals surface area contributed by atoms with E-state index < -0.39 is 0 Å². The van der Waals surface area contributed by atoms with Gasteiger partial charge < -0.3 is 4.74 Å². The lowest BCUT2D eigenvalue weighted by Gasteiger charge is -2.08. The molecule has 0 bridgehead atoms. The highest BCUT2D eigenvalue weighted by Gasteiger charge is 2.25. The van der Waals surface area contributed by atoms with Crippen LogP contribution < -0.4 is 0 Å². The van der Waals surface area contributed by atoms with Gasteiger partial charge in [0.1, 0.15) is 0 Å². The molecule has 1 heterocycles. The summed E-state index contributed by atoms with van der Waals surface area (Å²) < 4.78 is 5.65. The fourth-order valence-corrected chi connectivity index (χ4v) is 2.34. The quantitative estimate of drug-likeness (QED) is 0.737. The number of hydrogen-bond acceptors (Lipinski definition) is 1. The van der Waals surface area contributed by atoms with Gasteiger partial charge in [0.15, 0.2) is 0 Å². The largest absolute Gasteiger partial charge is 0.377 e. The van der Waals surface area contributed by atoms with Crippen molar-refractivity contribution in [3.8, 4) is 0 Å². The summed E-state index contributed by atoms with van der Waals surface area (Å²) in [5.41, 5.74) is 2.74. The van der Waals surface area contributed by atoms with Crippen molar-refractivity contribution >= 4 is 15.9 Å². The zero-order chi connectivity index (χ0) is 9.97. The van der Waals surface area contributed by atoms with Gasteiger partial charge in [0.25, 0.3) is 0 Å². The fraction of sp³-hybridized carbons (Fsp3) is 0.500. The molecule has 0 amide bonds. The van der Waals surface area contributed by atoms with Gasteiger partial charge in [-0.25, -0.2) is 0 Å². The van der Waals surface area contributed by atoms with Gasteiger partial charge >= 0.3 is 0 Å². The maximum atomic E-state index is 5.65. The van der Waals surface area contributed by atoms with E-state index in [0.717, 1.165) is 18.4 Å². The van der Waals surface area contributed by atoms with Gasteiger partial charge in [-0.15, -0.1) is 0 Å². The summed E-state index contributed by atoms with van der Waals surface area (Å²) in [6.07, 6.45) is 1.55. The molecule has 0 unspecified atom stereocenters. The lowest BCUT2D eigenvalue weighted by Crippen LogP contribution is -2.05. The normalized spacial score (nSPS) is 26.7. The molecule has 1 fully saturated rings. The van der Waals surface area contributed by atoms with Crippen LogP contribution in [0.4, 0.5) is 0 Å².